The summed E-state index contributed by atoms with van der Waals surface area (Å²) < 4.78 is 0. The standard InChI is InChI=1S/C14H9NO4S/c1-2-10(9-6-4-3-5-7-9)12-13(18)15(8-11(16)17)14(19)20-12/h1,3-7H,8H2,(H,16,17). The molecule has 1 aromatic rings. The number of nitrogens with zero attached hydrogens (tertiary/aromatic N) is 1. The molecule has 0 bridgehead atoms. The molecule has 0 aliphatic carbocycles. The van der Waals surface area contributed by atoms with Crippen molar-refractivity contribution in [3.63, 3.8) is 0 Å². The Morgan fingerprint density at radius 3 is 2.50 bits per heavy atom. The minimum absolute atomic E-state index is 0.0879. The predicted molar refractivity (Wildman–Crippen MR) is 74.5 cm³/mol. The first-order valence-corrected chi connectivity index (χ1v) is 6.38. The Morgan fingerprint density at radius 2 is 1.95 bits per heavy atom. The number of hydrogen-bond acceptors (Lipinski definition) is 4. The zero-order chi connectivity index (χ0) is 14.7. The van der Waals surface area contributed by atoms with Crippen LogP contribution in [0.1, 0.15) is 5.56 Å². The molecule has 20 heavy (non-hydrogen) atoms. The van der Waals surface area contributed by atoms with Gasteiger partial charge in [0, 0.05) is 0 Å². The van der Waals surface area contributed by atoms with Gasteiger partial charge in [-0.3, -0.25) is 19.3 Å². The smallest absolute Gasteiger partial charge is 0.323 e. The maximum atomic E-state index is 12.1. The molecule has 1 aliphatic rings. The molecular weight excluding hydrogens is 278 g/mol. The number of allylic oxidation sites excluding steroid dienone is 1. The zero-order valence-electron chi connectivity index (χ0n) is 10.2. The maximum Gasteiger partial charge on any atom is 0.323 e. The van der Waals surface area contributed by atoms with E-state index in [1.54, 1.807) is 30.3 Å². The second-order valence-electron chi connectivity index (χ2n) is 3.87. The number of imide groups is 1. The Bertz CT molecular complexity index is 658. The Balaban J connectivity index is 2.44. The van der Waals surface area contributed by atoms with Crippen LogP contribution >= 0.6 is 11.8 Å². The summed E-state index contributed by atoms with van der Waals surface area (Å²) in [5, 5.41) is 8.07. The minimum Gasteiger partial charge on any atom is -0.480 e. The molecule has 1 saturated heterocycles. The lowest BCUT2D eigenvalue weighted by Crippen LogP contribution is -2.33. The number of carbonyl (C=O) groups is 3. The van der Waals surface area contributed by atoms with E-state index in [1.165, 1.54) is 0 Å². The van der Waals surface area contributed by atoms with Crippen molar-refractivity contribution in [3.8, 4) is 12.3 Å². The van der Waals surface area contributed by atoms with Crippen LogP contribution in [0.5, 0.6) is 0 Å². The summed E-state index contributed by atoms with van der Waals surface area (Å²) in [6, 6.07) is 8.76. The molecular formula is C14H9NO4S. The van der Waals surface area contributed by atoms with E-state index in [4.69, 9.17) is 11.5 Å². The molecule has 0 unspecified atom stereocenters. The second-order valence-corrected chi connectivity index (χ2v) is 4.83. The van der Waals surface area contributed by atoms with Crippen LogP contribution in [-0.4, -0.2) is 33.7 Å². The Labute approximate surface area is 119 Å². The Morgan fingerprint density at radius 1 is 1.30 bits per heavy atom. The summed E-state index contributed by atoms with van der Waals surface area (Å²) in [7, 11) is 0. The van der Waals surface area contributed by atoms with Gasteiger partial charge in [0.15, 0.2) is 0 Å². The minimum atomic E-state index is -1.25. The number of amides is 2. The van der Waals surface area contributed by atoms with Crippen LogP contribution in [0.2, 0.25) is 0 Å². The van der Waals surface area contributed by atoms with Crippen LogP contribution in [0.4, 0.5) is 4.79 Å². The highest BCUT2D eigenvalue weighted by atomic mass is 32.2. The molecule has 1 N–H and O–H groups in total. The van der Waals surface area contributed by atoms with Crippen LogP contribution in [-0.2, 0) is 9.59 Å². The van der Waals surface area contributed by atoms with Crippen molar-refractivity contribution in [3.05, 3.63) is 40.8 Å². The number of carboxylic acid groups (broad SMARTS) is 1. The lowest BCUT2D eigenvalue weighted by atomic mass is 10.1. The van der Waals surface area contributed by atoms with Gasteiger partial charge in [-0.05, 0) is 17.3 Å². The van der Waals surface area contributed by atoms with E-state index in [9.17, 15) is 14.4 Å². The molecule has 100 valence electrons. The zero-order valence-corrected chi connectivity index (χ0v) is 11.0. The molecule has 0 radical (unpaired) electrons. The number of rotatable bonds is 3. The molecule has 2 amide bonds. The van der Waals surface area contributed by atoms with E-state index < -0.39 is 23.7 Å². The van der Waals surface area contributed by atoms with E-state index in [-0.39, 0.29) is 4.91 Å². The van der Waals surface area contributed by atoms with Gasteiger partial charge in [-0.1, -0.05) is 36.3 Å². The molecule has 6 heteroatoms. The third-order valence-corrected chi connectivity index (χ3v) is 3.55. The van der Waals surface area contributed by atoms with Gasteiger partial charge in [0.2, 0.25) is 0 Å². The van der Waals surface area contributed by atoms with Gasteiger partial charge in [0.1, 0.15) is 6.54 Å². The third-order valence-electron chi connectivity index (χ3n) is 2.58. The number of thioether (sulfide) groups is 1. The van der Waals surface area contributed by atoms with Crippen molar-refractivity contribution in [2.24, 2.45) is 0 Å². The molecule has 1 fully saturated rings. The van der Waals surface area contributed by atoms with Crippen LogP contribution in [0, 0.1) is 12.3 Å². The summed E-state index contributed by atoms with van der Waals surface area (Å²) in [6.07, 6.45) is 5.42. The van der Waals surface area contributed by atoms with Crippen molar-refractivity contribution in [2.75, 3.05) is 6.54 Å². The van der Waals surface area contributed by atoms with Gasteiger partial charge in [-0.15, -0.1) is 6.42 Å². The summed E-state index contributed by atoms with van der Waals surface area (Å²) in [5.74, 6) is 0.475. The first-order valence-electron chi connectivity index (χ1n) is 5.56. The largest absolute Gasteiger partial charge is 0.480 e. The quantitative estimate of drug-likeness (QED) is 0.678. The van der Waals surface area contributed by atoms with Gasteiger partial charge < -0.3 is 5.11 Å². The topological polar surface area (TPSA) is 74.7 Å². The molecule has 2 rings (SSSR count). The van der Waals surface area contributed by atoms with Crippen LogP contribution < -0.4 is 0 Å². The first kappa shape index (κ1) is 13.9. The maximum absolute atomic E-state index is 12.1. The molecule has 0 aromatic heterocycles. The fourth-order valence-corrected chi connectivity index (χ4v) is 2.61. The average Bonchev–Trinajstić information content (AvgIpc) is 2.69. The summed E-state index contributed by atoms with van der Waals surface area (Å²) in [5.41, 5.74) is 0.928. The normalized spacial score (nSPS) is 17.1. The van der Waals surface area contributed by atoms with Crippen LogP contribution in [0.25, 0.3) is 5.57 Å². The monoisotopic (exact) mass is 287 g/mol. The number of aliphatic carboxylic acids is 1. The van der Waals surface area contributed by atoms with Crippen molar-refractivity contribution in [2.45, 2.75) is 0 Å². The van der Waals surface area contributed by atoms with E-state index in [2.05, 4.69) is 5.92 Å². The first-order chi connectivity index (χ1) is 9.54. The van der Waals surface area contributed by atoms with E-state index in [0.29, 0.717) is 27.8 Å². The van der Waals surface area contributed by atoms with E-state index in [0.717, 1.165) is 0 Å². The number of benzene rings is 1. The highest BCUT2D eigenvalue weighted by Gasteiger charge is 2.38. The number of carboxylic acids is 1. The van der Waals surface area contributed by atoms with Crippen molar-refractivity contribution in [1.29, 1.82) is 0 Å². The van der Waals surface area contributed by atoms with Crippen molar-refractivity contribution in [1.82, 2.24) is 4.90 Å². The molecule has 1 aromatic carbocycles. The predicted octanol–water partition coefficient (Wildman–Crippen LogP) is 1.81. The van der Waals surface area contributed by atoms with Gasteiger partial charge in [-0.25, -0.2) is 0 Å². The van der Waals surface area contributed by atoms with E-state index >= 15 is 0 Å². The van der Waals surface area contributed by atoms with Crippen molar-refractivity contribution < 1.29 is 19.5 Å². The molecule has 1 aliphatic heterocycles. The molecule has 5 nitrogen and oxygen atoms in total. The highest BCUT2D eigenvalue weighted by molar-refractivity contribution is 8.18. The second kappa shape index (κ2) is 5.63. The van der Waals surface area contributed by atoms with E-state index in [1.807, 2.05) is 0 Å². The summed E-state index contributed by atoms with van der Waals surface area (Å²) >= 11 is 0.663. The fourth-order valence-electron chi connectivity index (χ4n) is 1.71. The fraction of sp³-hybridized carbons (Fsp3) is 0.0714. The van der Waals surface area contributed by atoms with Gasteiger partial charge in [0.25, 0.3) is 11.1 Å². The van der Waals surface area contributed by atoms with Gasteiger partial charge in [0.05, 0.1) is 10.5 Å². The van der Waals surface area contributed by atoms with Crippen molar-refractivity contribution >= 4 is 34.5 Å². The number of terminal acetylenes is 1. The highest BCUT2D eigenvalue weighted by Crippen LogP contribution is 2.36. The third kappa shape index (κ3) is 2.58. The Hall–Kier alpha value is -2.52. The number of carbonyl (C=O) groups excluding carboxylic acids is 2. The lowest BCUT2D eigenvalue weighted by Gasteiger charge is -2.08. The van der Waals surface area contributed by atoms with Crippen LogP contribution in [0.3, 0.4) is 0 Å². The van der Waals surface area contributed by atoms with Gasteiger partial charge >= 0.3 is 5.97 Å². The Kier molecular flexibility index (Phi) is 3.91. The molecule has 0 atom stereocenters. The van der Waals surface area contributed by atoms with Crippen LogP contribution in [0.15, 0.2) is 35.2 Å². The molecule has 0 spiro atoms. The van der Waals surface area contributed by atoms with Gasteiger partial charge in [-0.2, -0.15) is 0 Å². The molecule has 0 saturated carbocycles. The molecule has 1 heterocycles. The number of hydrogen-bond donors (Lipinski definition) is 1. The average molecular weight is 287 g/mol. The SMILES string of the molecule is C#CC(=C1SC(=O)N(CC(=O)O)C1=O)c1ccccc1. The summed E-state index contributed by atoms with van der Waals surface area (Å²) in [6.45, 7) is -0.666. The summed E-state index contributed by atoms with van der Waals surface area (Å²) in [4.78, 5) is 35.2. The lowest BCUT2D eigenvalue weighted by molar-refractivity contribution is -0.140.